The van der Waals surface area contributed by atoms with Gasteiger partial charge in [-0.3, -0.25) is 0 Å². The van der Waals surface area contributed by atoms with Gasteiger partial charge in [0, 0.05) is 11.3 Å². The van der Waals surface area contributed by atoms with Gasteiger partial charge in [0.25, 0.3) is 0 Å². The molecular weight excluding hydrogens is 289 g/mol. The van der Waals surface area contributed by atoms with Gasteiger partial charge in [0.05, 0.1) is 11.6 Å². The molecule has 1 N–H and O–H groups in total. The monoisotopic (exact) mass is 301 g/mol. The summed E-state index contributed by atoms with van der Waals surface area (Å²) in [7, 11) is 0. The molecule has 1 unspecified atom stereocenters. The predicted octanol–water partition coefficient (Wildman–Crippen LogP) is 5.16. The van der Waals surface area contributed by atoms with E-state index in [1.54, 1.807) is 0 Å². The fourth-order valence-electron chi connectivity index (χ4n) is 2.03. The van der Waals surface area contributed by atoms with Crippen LogP contribution in [0.4, 0.5) is 27.6 Å². The molecule has 0 bridgehead atoms. The smallest absolute Gasteiger partial charge is 0.378 e. The summed E-state index contributed by atoms with van der Waals surface area (Å²) in [5, 5.41) is 2.67. The van der Waals surface area contributed by atoms with Crippen molar-refractivity contribution in [1.29, 1.82) is 0 Å². The van der Waals surface area contributed by atoms with Crippen LogP contribution in [0.1, 0.15) is 24.1 Å². The van der Waals surface area contributed by atoms with Crippen LogP contribution in [0.5, 0.6) is 0 Å². The Morgan fingerprint density at radius 3 is 2.10 bits per heavy atom. The SMILES string of the molecule is CC(Nc1cccc(C(F)(F)F)c1)c1c(F)cccc1F. The molecule has 0 saturated carbocycles. The van der Waals surface area contributed by atoms with Crippen molar-refractivity contribution in [3.8, 4) is 0 Å². The molecule has 0 fully saturated rings. The molecule has 0 aliphatic heterocycles. The second-order valence-electron chi connectivity index (χ2n) is 4.58. The van der Waals surface area contributed by atoms with Gasteiger partial charge >= 0.3 is 6.18 Å². The molecule has 0 aliphatic rings. The Kier molecular flexibility index (Phi) is 4.16. The Balaban J connectivity index is 2.26. The fraction of sp³-hybridized carbons (Fsp3) is 0.200. The van der Waals surface area contributed by atoms with Crippen molar-refractivity contribution in [2.24, 2.45) is 0 Å². The average molecular weight is 301 g/mol. The molecule has 0 amide bonds. The highest BCUT2D eigenvalue weighted by molar-refractivity contribution is 5.48. The third-order valence-electron chi connectivity index (χ3n) is 3.01. The molecule has 0 aromatic heterocycles. The first-order valence-corrected chi connectivity index (χ1v) is 6.16. The summed E-state index contributed by atoms with van der Waals surface area (Å²) in [6.45, 7) is 1.47. The number of halogens is 5. The largest absolute Gasteiger partial charge is 0.416 e. The zero-order valence-electron chi connectivity index (χ0n) is 11.0. The van der Waals surface area contributed by atoms with E-state index in [1.165, 1.54) is 25.1 Å². The van der Waals surface area contributed by atoms with Crippen molar-refractivity contribution in [1.82, 2.24) is 0 Å². The van der Waals surface area contributed by atoms with Gasteiger partial charge in [-0.05, 0) is 37.3 Å². The summed E-state index contributed by atoms with van der Waals surface area (Å²) < 4.78 is 65.1. The van der Waals surface area contributed by atoms with Crippen molar-refractivity contribution in [3.05, 3.63) is 65.2 Å². The Morgan fingerprint density at radius 1 is 0.952 bits per heavy atom. The molecule has 21 heavy (non-hydrogen) atoms. The van der Waals surface area contributed by atoms with E-state index in [9.17, 15) is 22.0 Å². The maximum atomic E-state index is 13.6. The average Bonchev–Trinajstić information content (AvgIpc) is 2.37. The van der Waals surface area contributed by atoms with Gasteiger partial charge in [-0.1, -0.05) is 12.1 Å². The molecule has 0 aliphatic carbocycles. The molecule has 0 spiro atoms. The van der Waals surface area contributed by atoms with Crippen molar-refractivity contribution in [2.75, 3.05) is 5.32 Å². The van der Waals surface area contributed by atoms with E-state index < -0.39 is 29.4 Å². The fourth-order valence-corrected chi connectivity index (χ4v) is 2.03. The standard InChI is InChI=1S/C15H12F5N/c1-9(14-12(16)6-3-7-13(14)17)21-11-5-2-4-10(8-11)15(18,19)20/h2-9,21H,1H3. The van der Waals surface area contributed by atoms with Crippen LogP contribution >= 0.6 is 0 Å². The van der Waals surface area contributed by atoms with Crippen molar-refractivity contribution in [2.45, 2.75) is 19.1 Å². The lowest BCUT2D eigenvalue weighted by Crippen LogP contribution is -2.12. The number of nitrogens with one attached hydrogen (secondary N) is 1. The van der Waals surface area contributed by atoms with Crippen molar-refractivity contribution in [3.63, 3.8) is 0 Å². The van der Waals surface area contributed by atoms with E-state index in [2.05, 4.69) is 5.32 Å². The summed E-state index contributed by atoms with van der Waals surface area (Å²) >= 11 is 0. The molecule has 112 valence electrons. The zero-order valence-corrected chi connectivity index (χ0v) is 11.0. The third-order valence-corrected chi connectivity index (χ3v) is 3.01. The van der Waals surface area contributed by atoms with Gasteiger partial charge in [-0.2, -0.15) is 13.2 Å². The third kappa shape index (κ3) is 3.51. The number of hydrogen-bond donors (Lipinski definition) is 1. The molecule has 2 aromatic rings. The van der Waals surface area contributed by atoms with Gasteiger partial charge in [0.15, 0.2) is 0 Å². The van der Waals surface area contributed by atoms with Gasteiger partial charge < -0.3 is 5.32 Å². The molecule has 0 radical (unpaired) electrons. The van der Waals surface area contributed by atoms with Crippen molar-refractivity contribution >= 4 is 5.69 Å². The molecule has 0 saturated heterocycles. The summed E-state index contributed by atoms with van der Waals surface area (Å²) in [6.07, 6.45) is -4.47. The van der Waals surface area contributed by atoms with Crippen LogP contribution in [0.2, 0.25) is 0 Å². The maximum Gasteiger partial charge on any atom is 0.416 e. The van der Waals surface area contributed by atoms with Gasteiger partial charge in [-0.15, -0.1) is 0 Å². The summed E-state index contributed by atoms with van der Waals surface area (Å²) in [5.41, 5.74) is -0.899. The van der Waals surface area contributed by atoms with E-state index in [4.69, 9.17) is 0 Å². The lowest BCUT2D eigenvalue weighted by molar-refractivity contribution is -0.137. The maximum absolute atomic E-state index is 13.6. The lowest BCUT2D eigenvalue weighted by Gasteiger charge is -2.18. The van der Waals surface area contributed by atoms with Crippen LogP contribution in [-0.4, -0.2) is 0 Å². The Bertz CT molecular complexity index is 616. The summed E-state index contributed by atoms with van der Waals surface area (Å²) in [5.74, 6) is -1.50. The first-order chi connectivity index (χ1) is 9.79. The molecule has 2 aromatic carbocycles. The van der Waals surface area contributed by atoms with Crippen molar-refractivity contribution < 1.29 is 22.0 Å². The zero-order chi connectivity index (χ0) is 15.6. The number of rotatable bonds is 3. The van der Waals surface area contributed by atoms with Crippen LogP contribution in [-0.2, 0) is 6.18 Å². The first kappa shape index (κ1) is 15.3. The molecule has 1 nitrogen and oxygen atoms in total. The highest BCUT2D eigenvalue weighted by Crippen LogP contribution is 2.32. The quantitative estimate of drug-likeness (QED) is 0.772. The van der Waals surface area contributed by atoms with Crippen LogP contribution < -0.4 is 5.32 Å². The van der Waals surface area contributed by atoms with E-state index in [0.29, 0.717) is 0 Å². The van der Waals surface area contributed by atoms with Gasteiger partial charge in [0.2, 0.25) is 0 Å². The normalized spacial score (nSPS) is 13.0. The van der Waals surface area contributed by atoms with Crippen LogP contribution in [0.3, 0.4) is 0 Å². The number of alkyl halides is 3. The van der Waals surface area contributed by atoms with Crippen LogP contribution in [0.15, 0.2) is 42.5 Å². The van der Waals surface area contributed by atoms with Gasteiger partial charge in [-0.25, -0.2) is 8.78 Å². The number of anilines is 1. The summed E-state index contributed by atoms with van der Waals surface area (Å²) in [6, 6.07) is 7.08. The van der Waals surface area contributed by atoms with Gasteiger partial charge in [0.1, 0.15) is 11.6 Å². The molecule has 1 atom stereocenters. The second-order valence-corrected chi connectivity index (χ2v) is 4.58. The molecule has 0 heterocycles. The van der Waals surface area contributed by atoms with E-state index >= 15 is 0 Å². The van der Waals surface area contributed by atoms with Crippen LogP contribution in [0, 0.1) is 11.6 Å². The minimum absolute atomic E-state index is 0.139. The van der Waals surface area contributed by atoms with E-state index in [0.717, 1.165) is 24.3 Å². The number of benzene rings is 2. The molecule has 2 rings (SSSR count). The predicted molar refractivity (Wildman–Crippen MR) is 69.8 cm³/mol. The number of hydrogen-bond acceptors (Lipinski definition) is 1. The molecule has 6 heteroatoms. The van der Waals surface area contributed by atoms with E-state index in [1.807, 2.05) is 0 Å². The van der Waals surface area contributed by atoms with E-state index in [-0.39, 0.29) is 11.3 Å². The minimum Gasteiger partial charge on any atom is -0.378 e. The Hall–Kier alpha value is -2.11. The molecular formula is C15H12F5N. The highest BCUT2D eigenvalue weighted by atomic mass is 19.4. The first-order valence-electron chi connectivity index (χ1n) is 6.16. The summed E-state index contributed by atoms with van der Waals surface area (Å²) in [4.78, 5) is 0. The Labute approximate surface area is 118 Å². The topological polar surface area (TPSA) is 12.0 Å². The second kappa shape index (κ2) is 5.71. The minimum atomic E-state index is -4.47. The Morgan fingerprint density at radius 2 is 1.52 bits per heavy atom. The van der Waals surface area contributed by atoms with Crippen LogP contribution in [0.25, 0.3) is 0 Å². The lowest BCUT2D eigenvalue weighted by atomic mass is 10.1. The highest BCUT2D eigenvalue weighted by Gasteiger charge is 2.30.